The quantitative estimate of drug-likeness (QED) is 0.272. The summed E-state index contributed by atoms with van der Waals surface area (Å²) in [6, 6.07) is 12.6. The Hall–Kier alpha value is -2.66. The first-order valence-electron chi connectivity index (χ1n) is 11.7. The Labute approximate surface area is 207 Å². The Bertz CT molecular complexity index is 1550. The molecule has 35 heavy (non-hydrogen) atoms. The second-order valence-corrected chi connectivity index (χ2v) is 11.2. The summed E-state index contributed by atoms with van der Waals surface area (Å²) in [6.45, 7) is 6.28. The SMILES string of the molecule is CCc1ccc2c(CSc3nc4cc(S(=O)(=O)N5CCOCC5)ccc4n3CC)cc(=O)oc2c1. The highest BCUT2D eigenvalue weighted by molar-refractivity contribution is 7.98. The highest BCUT2D eigenvalue weighted by Crippen LogP contribution is 2.31. The van der Waals surface area contributed by atoms with Crippen molar-refractivity contribution in [3.8, 4) is 0 Å². The lowest BCUT2D eigenvalue weighted by Gasteiger charge is -2.26. The van der Waals surface area contributed by atoms with Crippen LogP contribution >= 0.6 is 11.8 Å². The summed E-state index contributed by atoms with van der Waals surface area (Å²) in [4.78, 5) is 17.2. The summed E-state index contributed by atoms with van der Waals surface area (Å²) < 4.78 is 40.4. The monoisotopic (exact) mass is 513 g/mol. The molecule has 0 N–H and O–H groups in total. The molecule has 0 unspecified atom stereocenters. The van der Waals surface area contributed by atoms with Gasteiger partial charge in [-0.1, -0.05) is 30.8 Å². The number of nitrogens with zero attached hydrogens (tertiary/aromatic N) is 3. The third-order valence-electron chi connectivity index (χ3n) is 6.27. The van der Waals surface area contributed by atoms with Gasteiger partial charge in [0.15, 0.2) is 5.16 Å². The van der Waals surface area contributed by atoms with Crippen LogP contribution in [0.3, 0.4) is 0 Å². The van der Waals surface area contributed by atoms with Crippen molar-refractivity contribution in [1.82, 2.24) is 13.9 Å². The summed E-state index contributed by atoms with van der Waals surface area (Å²) in [5.41, 5.74) is 3.72. The van der Waals surface area contributed by atoms with Gasteiger partial charge in [-0.15, -0.1) is 0 Å². The van der Waals surface area contributed by atoms with Crippen LogP contribution in [-0.4, -0.2) is 48.6 Å². The number of aryl methyl sites for hydroxylation is 2. The van der Waals surface area contributed by atoms with E-state index in [9.17, 15) is 13.2 Å². The Morgan fingerprint density at radius 1 is 1.06 bits per heavy atom. The molecular formula is C25H27N3O5S2. The molecule has 3 heterocycles. The molecule has 2 aromatic carbocycles. The maximum atomic E-state index is 13.1. The van der Waals surface area contributed by atoms with Crippen LogP contribution in [0.5, 0.6) is 0 Å². The molecular weight excluding hydrogens is 486 g/mol. The number of morpholine rings is 1. The zero-order chi connectivity index (χ0) is 24.6. The Morgan fingerprint density at radius 2 is 1.86 bits per heavy atom. The maximum absolute atomic E-state index is 13.1. The Morgan fingerprint density at radius 3 is 2.60 bits per heavy atom. The predicted molar refractivity (Wildman–Crippen MR) is 136 cm³/mol. The molecule has 2 aromatic heterocycles. The van der Waals surface area contributed by atoms with Gasteiger partial charge >= 0.3 is 5.63 Å². The second kappa shape index (κ2) is 9.77. The lowest BCUT2D eigenvalue weighted by Crippen LogP contribution is -2.40. The van der Waals surface area contributed by atoms with Crippen molar-refractivity contribution >= 4 is 43.8 Å². The number of rotatable bonds is 7. The van der Waals surface area contributed by atoms with Gasteiger partial charge in [0.1, 0.15) is 5.58 Å². The number of imidazole rings is 1. The minimum Gasteiger partial charge on any atom is -0.423 e. The van der Waals surface area contributed by atoms with E-state index in [4.69, 9.17) is 14.1 Å². The van der Waals surface area contributed by atoms with Crippen LogP contribution in [0, 0.1) is 0 Å². The number of sulfonamides is 1. The molecule has 1 fully saturated rings. The van der Waals surface area contributed by atoms with Crippen LogP contribution in [-0.2, 0) is 33.5 Å². The van der Waals surface area contributed by atoms with Crippen LogP contribution in [0.4, 0.5) is 0 Å². The van der Waals surface area contributed by atoms with Gasteiger partial charge < -0.3 is 13.7 Å². The van der Waals surface area contributed by atoms with Crippen molar-refractivity contribution < 1.29 is 17.6 Å². The average Bonchev–Trinajstić information content (AvgIpc) is 3.23. The van der Waals surface area contributed by atoms with Gasteiger partial charge in [0.2, 0.25) is 10.0 Å². The normalized spacial score (nSPS) is 15.3. The highest BCUT2D eigenvalue weighted by atomic mass is 32.2. The van der Waals surface area contributed by atoms with Crippen molar-refractivity contribution in [2.75, 3.05) is 26.3 Å². The zero-order valence-corrected chi connectivity index (χ0v) is 21.3. The van der Waals surface area contributed by atoms with Crippen LogP contribution in [0.25, 0.3) is 22.0 Å². The van der Waals surface area contributed by atoms with Crippen molar-refractivity contribution in [3.05, 3.63) is 64.0 Å². The molecule has 0 radical (unpaired) electrons. The Kier molecular flexibility index (Phi) is 6.71. The number of hydrogen-bond acceptors (Lipinski definition) is 7. The van der Waals surface area contributed by atoms with E-state index in [-0.39, 0.29) is 10.5 Å². The van der Waals surface area contributed by atoms with E-state index in [0.29, 0.717) is 49.7 Å². The van der Waals surface area contributed by atoms with Gasteiger partial charge in [0.05, 0.1) is 29.1 Å². The van der Waals surface area contributed by atoms with Gasteiger partial charge in [0, 0.05) is 36.8 Å². The first-order chi connectivity index (χ1) is 16.9. The van der Waals surface area contributed by atoms with Crippen LogP contribution in [0.1, 0.15) is 25.0 Å². The molecule has 1 saturated heterocycles. The number of aromatic nitrogens is 2. The fraction of sp³-hybridized carbons (Fsp3) is 0.360. The van der Waals surface area contributed by atoms with Crippen molar-refractivity contribution in [3.63, 3.8) is 0 Å². The predicted octanol–water partition coefficient (Wildman–Crippen LogP) is 4.04. The zero-order valence-electron chi connectivity index (χ0n) is 19.7. The molecule has 10 heteroatoms. The van der Waals surface area contributed by atoms with Gasteiger partial charge in [-0.25, -0.2) is 18.2 Å². The van der Waals surface area contributed by atoms with E-state index in [2.05, 4.69) is 11.5 Å². The third-order valence-corrected chi connectivity index (χ3v) is 9.19. The molecule has 0 aliphatic carbocycles. The first-order valence-corrected chi connectivity index (χ1v) is 14.1. The van der Waals surface area contributed by atoms with E-state index in [0.717, 1.165) is 33.6 Å². The largest absolute Gasteiger partial charge is 0.423 e. The van der Waals surface area contributed by atoms with Crippen LogP contribution < -0.4 is 5.63 Å². The molecule has 1 aliphatic rings. The van der Waals surface area contributed by atoms with Gasteiger partial charge in [-0.2, -0.15) is 4.31 Å². The molecule has 5 rings (SSSR count). The van der Waals surface area contributed by atoms with E-state index in [1.54, 1.807) is 12.1 Å². The molecule has 1 aliphatic heterocycles. The molecule has 4 aromatic rings. The number of thioether (sulfide) groups is 1. The van der Waals surface area contributed by atoms with E-state index in [1.807, 2.05) is 31.2 Å². The van der Waals surface area contributed by atoms with Gasteiger partial charge in [-0.3, -0.25) is 0 Å². The van der Waals surface area contributed by atoms with Gasteiger partial charge in [-0.05, 0) is 48.7 Å². The lowest BCUT2D eigenvalue weighted by atomic mass is 10.1. The van der Waals surface area contributed by atoms with Crippen LogP contribution in [0.15, 0.2) is 61.7 Å². The van der Waals surface area contributed by atoms with Crippen molar-refractivity contribution in [2.45, 2.75) is 42.6 Å². The van der Waals surface area contributed by atoms with E-state index >= 15 is 0 Å². The number of fused-ring (bicyclic) bond motifs is 2. The molecule has 0 saturated carbocycles. The minimum atomic E-state index is -3.60. The molecule has 8 nitrogen and oxygen atoms in total. The summed E-state index contributed by atoms with van der Waals surface area (Å²) in [5.74, 6) is 0.538. The minimum absolute atomic E-state index is 0.239. The van der Waals surface area contributed by atoms with E-state index < -0.39 is 10.0 Å². The highest BCUT2D eigenvalue weighted by Gasteiger charge is 2.27. The third kappa shape index (κ3) is 4.63. The second-order valence-electron chi connectivity index (χ2n) is 8.37. The van der Waals surface area contributed by atoms with Crippen molar-refractivity contribution in [1.29, 1.82) is 0 Å². The maximum Gasteiger partial charge on any atom is 0.336 e. The molecule has 184 valence electrons. The number of hydrogen-bond donors (Lipinski definition) is 0. The average molecular weight is 514 g/mol. The van der Waals surface area contributed by atoms with Crippen LogP contribution in [0.2, 0.25) is 0 Å². The number of benzene rings is 2. The molecule has 0 spiro atoms. The fourth-order valence-electron chi connectivity index (χ4n) is 4.36. The molecule has 0 bridgehead atoms. The smallest absolute Gasteiger partial charge is 0.336 e. The fourth-order valence-corrected chi connectivity index (χ4v) is 6.85. The Balaban J connectivity index is 1.47. The number of ether oxygens (including phenoxy) is 1. The lowest BCUT2D eigenvalue weighted by molar-refractivity contribution is 0.0730. The molecule has 0 atom stereocenters. The van der Waals surface area contributed by atoms with Crippen molar-refractivity contribution in [2.24, 2.45) is 0 Å². The summed E-state index contributed by atoms with van der Waals surface area (Å²) in [7, 11) is -3.60. The van der Waals surface area contributed by atoms with E-state index in [1.165, 1.54) is 22.1 Å². The topological polar surface area (TPSA) is 94.6 Å². The molecule has 0 amide bonds. The summed E-state index contributed by atoms with van der Waals surface area (Å²) in [6.07, 6.45) is 0.863. The van der Waals surface area contributed by atoms with Gasteiger partial charge in [0.25, 0.3) is 0 Å². The standard InChI is InChI=1S/C25H27N3O5S2/c1-3-17-5-7-20-18(14-24(29)33-23(20)13-17)16-34-25-26-21-15-19(6-8-22(21)28(25)4-2)35(30,31)27-9-11-32-12-10-27/h5-8,13-15H,3-4,9-12,16H2,1-2H3. The summed E-state index contributed by atoms with van der Waals surface area (Å²) >= 11 is 1.52. The first kappa shape index (κ1) is 24.1. The summed E-state index contributed by atoms with van der Waals surface area (Å²) in [5, 5.41) is 1.68.